The molecule has 2 aliphatic rings. The SMILES string of the molecule is O=C1NC(=O)C(=Cc2ccnc(N[C@H]3CC[C@H](NCCc4ccccc4)CC3)n2)S1. The summed E-state index contributed by atoms with van der Waals surface area (Å²) < 4.78 is 0. The van der Waals surface area contributed by atoms with Crippen LogP contribution >= 0.6 is 11.8 Å². The first-order valence-electron chi connectivity index (χ1n) is 10.3. The van der Waals surface area contributed by atoms with Crippen LogP contribution in [-0.2, 0) is 11.2 Å². The van der Waals surface area contributed by atoms with E-state index in [1.807, 2.05) is 6.07 Å². The number of rotatable bonds is 7. The zero-order valence-corrected chi connectivity index (χ0v) is 17.5. The van der Waals surface area contributed by atoms with Gasteiger partial charge < -0.3 is 10.6 Å². The second kappa shape index (κ2) is 9.86. The van der Waals surface area contributed by atoms with Gasteiger partial charge in [0.15, 0.2) is 0 Å². The average Bonchev–Trinajstić information content (AvgIpc) is 3.07. The van der Waals surface area contributed by atoms with E-state index in [-0.39, 0.29) is 11.1 Å². The van der Waals surface area contributed by atoms with Crippen LogP contribution in [-0.4, -0.2) is 39.7 Å². The van der Waals surface area contributed by atoms with Crippen molar-refractivity contribution in [3.63, 3.8) is 0 Å². The van der Waals surface area contributed by atoms with E-state index in [1.165, 1.54) is 5.56 Å². The van der Waals surface area contributed by atoms with Crippen LogP contribution in [0.15, 0.2) is 47.5 Å². The summed E-state index contributed by atoms with van der Waals surface area (Å²) in [6.07, 6.45) is 8.69. The molecule has 1 aliphatic heterocycles. The van der Waals surface area contributed by atoms with Crippen molar-refractivity contribution >= 4 is 34.9 Å². The van der Waals surface area contributed by atoms with Gasteiger partial charge in [-0.05, 0) is 68.1 Å². The number of hydrogen-bond donors (Lipinski definition) is 3. The Balaban J connectivity index is 1.24. The van der Waals surface area contributed by atoms with E-state index in [4.69, 9.17) is 0 Å². The van der Waals surface area contributed by atoms with Crippen LogP contribution in [0.2, 0.25) is 0 Å². The molecule has 156 valence electrons. The highest BCUT2D eigenvalue weighted by Crippen LogP contribution is 2.25. The van der Waals surface area contributed by atoms with E-state index < -0.39 is 0 Å². The fraction of sp³-hybridized carbons (Fsp3) is 0.364. The maximum atomic E-state index is 11.7. The molecule has 0 spiro atoms. The van der Waals surface area contributed by atoms with Gasteiger partial charge in [0.05, 0.1) is 10.6 Å². The van der Waals surface area contributed by atoms with Gasteiger partial charge in [-0.25, -0.2) is 9.97 Å². The third-order valence-electron chi connectivity index (χ3n) is 5.35. The molecular weight excluding hydrogens is 398 g/mol. The Hall–Kier alpha value is -2.71. The molecule has 1 saturated heterocycles. The molecular formula is C22H25N5O2S. The van der Waals surface area contributed by atoms with Crippen molar-refractivity contribution in [2.45, 2.75) is 44.2 Å². The first kappa shape index (κ1) is 20.6. The minimum absolute atomic E-state index is 0.339. The standard InChI is InChI=1S/C22H25N5O2S/c28-20-19(30-22(29)27-20)14-18-11-13-24-21(26-18)25-17-8-6-16(7-9-17)23-12-10-15-4-2-1-3-5-15/h1-5,11,13-14,16-17,23H,6-10,12H2,(H,24,25,26)(H,27,28,29)/t16-,17-. The molecule has 2 aromatic rings. The summed E-state index contributed by atoms with van der Waals surface area (Å²) in [5.74, 6) is 0.177. The van der Waals surface area contributed by atoms with Gasteiger partial charge in [-0.1, -0.05) is 30.3 Å². The van der Waals surface area contributed by atoms with Gasteiger partial charge in [0.1, 0.15) is 0 Å². The van der Waals surface area contributed by atoms with Crippen molar-refractivity contribution in [1.82, 2.24) is 20.6 Å². The molecule has 7 nitrogen and oxygen atoms in total. The molecule has 3 N–H and O–H groups in total. The summed E-state index contributed by atoms with van der Waals surface area (Å²) in [6, 6.07) is 13.2. The lowest BCUT2D eigenvalue weighted by molar-refractivity contribution is -0.115. The van der Waals surface area contributed by atoms with Crippen LogP contribution < -0.4 is 16.0 Å². The lowest BCUT2D eigenvalue weighted by Crippen LogP contribution is -2.38. The molecule has 1 aliphatic carbocycles. The van der Waals surface area contributed by atoms with Crippen molar-refractivity contribution in [2.24, 2.45) is 0 Å². The molecule has 2 amide bonds. The molecule has 1 saturated carbocycles. The van der Waals surface area contributed by atoms with Crippen LogP contribution in [0.25, 0.3) is 6.08 Å². The second-order valence-corrected chi connectivity index (χ2v) is 8.55. The maximum absolute atomic E-state index is 11.7. The zero-order chi connectivity index (χ0) is 20.8. The Labute approximate surface area is 180 Å². The highest BCUT2D eigenvalue weighted by Gasteiger charge is 2.25. The minimum atomic E-state index is -0.379. The molecule has 1 aromatic heterocycles. The van der Waals surface area contributed by atoms with Crippen LogP contribution in [0, 0.1) is 0 Å². The molecule has 0 atom stereocenters. The van der Waals surface area contributed by atoms with Gasteiger partial charge in [0.25, 0.3) is 11.1 Å². The van der Waals surface area contributed by atoms with E-state index in [2.05, 4.69) is 50.2 Å². The van der Waals surface area contributed by atoms with E-state index in [1.54, 1.807) is 18.3 Å². The van der Waals surface area contributed by atoms with E-state index in [0.717, 1.165) is 50.4 Å². The van der Waals surface area contributed by atoms with Crippen LogP contribution in [0.1, 0.15) is 36.9 Å². The lowest BCUT2D eigenvalue weighted by atomic mass is 9.91. The first-order valence-corrected chi connectivity index (χ1v) is 11.1. The summed E-state index contributed by atoms with van der Waals surface area (Å²) in [5, 5.41) is 8.99. The highest BCUT2D eigenvalue weighted by atomic mass is 32.2. The largest absolute Gasteiger partial charge is 0.351 e. The lowest BCUT2D eigenvalue weighted by Gasteiger charge is -2.29. The predicted molar refractivity (Wildman–Crippen MR) is 119 cm³/mol. The number of nitrogens with one attached hydrogen (secondary N) is 3. The maximum Gasteiger partial charge on any atom is 0.290 e. The number of aromatic nitrogens is 2. The van der Waals surface area contributed by atoms with Crippen molar-refractivity contribution in [1.29, 1.82) is 0 Å². The van der Waals surface area contributed by atoms with Gasteiger partial charge in [-0.3, -0.25) is 14.9 Å². The summed E-state index contributed by atoms with van der Waals surface area (Å²) in [6.45, 7) is 1.00. The number of nitrogens with zero attached hydrogens (tertiary/aromatic N) is 2. The van der Waals surface area contributed by atoms with Crippen molar-refractivity contribution in [2.75, 3.05) is 11.9 Å². The van der Waals surface area contributed by atoms with Gasteiger partial charge >= 0.3 is 0 Å². The van der Waals surface area contributed by atoms with Crippen LogP contribution in [0.3, 0.4) is 0 Å². The number of carbonyl (C=O) groups excluding carboxylic acids is 2. The number of amides is 2. The van der Waals surface area contributed by atoms with E-state index in [0.29, 0.717) is 28.6 Å². The van der Waals surface area contributed by atoms with Crippen molar-refractivity contribution in [3.8, 4) is 0 Å². The molecule has 4 rings (SSSR count). The van der Waals surface area contributed by atoms with E-state index in [9.17, 15) is 9.59 Å². The molecule has 8 heteroatoms. The van der Waals surface area contributed by atoms with Gasteiger partial charge in [0, 0.05) is 18.3 Å². The zero-order valence-electron chi connectivity index (χ0n) is 16.6. The van der Waals surface area contributed by atoms with E-state index >= 15 is 0 Å². The van der Waals surface area contributed by atoms with Gasteiger partial charge in [0.2, 0.25) is 5.95 Å². The molecule has 1 aromatic carbocycles. The Morgan fingerprint density at radius 3 is 2.57 bits per heavy atom. The van der Waals surface area contributed by atoms with Crippen LogP contribution in [0.4, 0.5) is 10.7 Å². The number of hydrogen-bond acceptors (Lipinski definition) is 7. The molecule has 30 heavy (non-hydrogen) atoms. The summed E-state index contributed by atoms with van der Waals surface area (Å²) in [4.78, 5) is 32.1. The fourth-order valence-corrected chi connectivity index (χ4v) is 4.43. The monoisotopic (exact) mass is 423 g/mol. The normalized spacial score (nSPS) is 22.9. The second-order valence-electron chi connectivity index (χ2n) is 7.54. The summed E-state index contributed by atoms with van der Waals surface area (Å²) >= 11 is 0.889. The van der Waals surface area contributed by atoms with Crippen LogP contribution in [0.5, 0.6) is 0 Å². The minimum Gasteiger partial charge on any atom is -0.351 e. The number of benzene rings is 1. The molecule has 2 heterocycles. The number of thioether (sulfide) groups is 1. The third-order valence-corrected chi connectivity index (χ3v) is 6.16. The Morgan fingerprint density at radius 1 is 1.07 bits per heavy atom. The summed E-state index contributed by atoms with van der Waals surface area (Å²) in [5.41, 5.74) is 1.97. The third kappa shape index (κ3) is 5.67. The smallest absolute Gasteiger partial charge is 0.290 e. The number of carbonyl (C=O) groups is 2. The number of anilines is 1. The average molecular weight is 424 g/mol. The molecule has 2 fully saturated rings. The van der Waals surface area contributed by atoms with Gasteiger partial charge in [-0.15, -0.1) is 0 Å². The van der Waals surface area contributed by atoms with Gasteiger partial charge in [-0.2, -0.15) is 0 Å². The highest BCUT2D eigenvalue weighted by molar-refractivity contribution is 8.18. The molecule has 0 unspecified atom stereocenters. The number of imide groups is 1. The fourth-order valence-electron chi connectivity index (χ4n) is 3.77. The topological polar surface area (TPSA) is 96.0 Å². The van der Waals surface area contributed by atoms with Crippen molar-refractivity contribution < 1.29 is 9.59 Å². The quantitative estimate of drug-likeness (QED) is 0.588. The first-order chi connectivity index (χ1) is 14.7. The predicted octanol–water partition coefficient (Wildman–Crippen LogP) is 3.36. The molecule has 0 radical (unpaired) electrons. The Morgan fingerprint density at radius 2 is 1.83 bits per heavy atom. The Kier molecular flexibility index (Phi) is 6.76. The summed E-state index contributed by atoms with van der Waals surface area (Å²) in [7, 11) is 0. The molecule has 0 bridgehead atoms. The van der Waals surface area contributed by atoms with Crippen molar-refractivity contribution in [3.05, 3.63) is 58.8 Å². The Bertz CT molecular complexity index is 926.